The van der Waals surface area contributed by atoms with E-state index in [4.69, 9.17) is 8.83 Å². The van der Waals surface area contributed by atoms with Crippen LogP contribution in [0.1, 0.15) is 25.8 Å². The molecule has 15 rings (SSSR count). The molecule has 362 valence electrons. The van der Waals surface area contributed by atoms with Crippen LogP contribution in [0, 0.1) is 0 Å². The van der Waals surface area contributed by atoms with Gasteiger partial charge in [0, 0.05) is 32.7 Å². The summed E-state index contributed by atoms with van der Waals surface area (Å²) >= 11 is 0. The summed E-state index contributed by atoms with van der Waals surface area (Å²) in [5, 5.41) is 16.5. The largest absolute Gasteiger partial charge is 0.456 e. The molecule has 0 unspecified atom stereocenters. The third-order valence-corrected chi connectivity index (χ3v) is 16.2. The van der Waals surface area contributed by atoms with Crippen molar-refractivity contribution in [1.82, 2.24) is 0 Å². The molecule has 0 aliphatic rings. The maximum atomic E-state index is 6.89. The maximum Gasteiger partial charge on any atom is 0.143 e. The fourth-order valence-electron chi connectivity index (χ4n) is 12.7. The van der Waals surface area contributed by atoms with E-state index in [1.54, 1.807) is 0 Å². The molecule has 0 amide bonds. The lowest BCUT2D eigenvalue weighted by Crippen LogP contribution is -1.94. The van der Waals surface area contributed by atoms with Gasteiger partial charge < -0.3 is 8.83 Å². The first-order chi connectivity index (χ1) is 38.1. The zero-order valence-corrected chi connectivity index (χ0v) is 42.8. The summed E-state index contributed by atoms with van der Waals surface area (Å²) in [5.41, 5.74) is 17.8. The van der Waals surface area contributed by atoms with Crippen molar-refractivity contribution in [2.45, 2.75) is 20.3 Å². The second-order valence-electron chi connectivity index (χ2n) is 20.3. The van der Waals surface area contributed by atoms with Gasteiger partial charge in [-0.3, -0.25) is 0 Å². The average Bonchev–Trinajstić information content (AvgIpc) is 4.20. The highest BCUT2D eigenvalue weighted by atomic mass is 16.3. The smallest absolute Gasteiger partial charge is 0.143 e. The molecular formula is C75H50O2. The van der Waals surface area contributed by atoms with E-state index in [1.165, 1.54) is 92.8 Å². The predicted octanol–water partition coefficient (Wildman–Crippen LogP) is 22.0. The molecule has 0 bridgehead atoms. The minimum Gasteiger partial charge on any atom is -0.456 e. The summed E-state index contributed by atoms with van der Waals surface area (Å²) < 4.78 is 13.4. The lowest BCUT2D eigenvalue weighted by molar-refractivity contribution is 0.669. The molecule has 2 heterocycles. The zero-order valence-electron chi connectivity index (χ0n) is 42.8. The van der Waals surface area contributed by atoms with E-state index in [2.05, 4.69) is 269 Å². The molecule has 0 fully saturated rings. The molecule has 0 aliphatic carbocycles. The lowest BCUT2D eigenvalue weighted by atomic mass is 9.82. The van der Waals surface area contributed by atoms with Gasteiger partial charge in [0.15, 0.2) is 0 Å². The summed E-state index contributed by atoms with van der Waals surface area (Å²) in [6.07, 6.45) is 7.42. The van der Waals surface area contributed by atoms with Gasteiger partial charge in [0.25, 0.3) is 0 Å². The van der Waals surface area contributed by atoms with Gasteiger partial charge in [0.1, 0.15) is 22.3 Å². The molecule has 15 aromatic rings. The summed E-state index contributed by atoms with van der Waals surface area (Å²) in [7, 11) is 0. The van der Waals surface area contributed by atoms with Gasteiger partial charge >= 0.3 is 0 Å². The Morgan fingerprint density at radius 2 is 0.818 bits per heavy atom. The molecule has 77 heavy (non-hydrogen) atoms. The Kier molecular flexibility index (Phi) is 10.4. The monoisotopic (exact) mass is 982 g/mol. The fourth-order valence-corrected chi connectivity index (χ4v) is 12.7. The van der Waals surface area contributed by atoms with Gasteiger partial charge in [0.2, 0.25) is 0 Å². The first-order valence-corrected chi connectivity index (χ1v) is 26.8. The SMILES string of the molecule is C/C=C\C=C(/CC)c1ccc(-c2c3ccccc3c(-c3cccc4oc5ccccc5c34)c3ccc(-c4ccc5c(-c6cccc7ccccc67)c6ccccc6c(-c6cccc7c6oc6ccccc67)c5c4)cc23)cc1. The van der Waals surface area contributed by atoms with Crippen molar-refractivity contribution >= 4 is 103 Å². The summed E-state index contributed by atoms with van der Waals surface area (Å²) in [6, 6.07) is 87.0. The molecule has 0 N–H and O–H groups in total. The van der Waals surface area contributed by atoms with Gasteiger partial charge in [-0.15, -0.1) is 0 Å². The fraction of sp³-hybridized carbons (Fsp3) is 0.0400. The van der Waals surface area contributed by atoms with Crippen LogP contribution >= 0.6 is 0 Å². The molecule has 0 saturated heterocycles. The van der Waals surface area contributed by atoms with E-state index in [-0.39, 0.29) is 0 Å². The van der Waals surface area contributed by atoms with E-state index < -0.39 is 0 Å². The van der Waals surface area contributed by atoms with Crippen LogP contribution in [0.25, 0.3) is 159 Å². The summed E-state index contributed by atoms with van der Waals surface area (Å²) in [6.45, 7) is 4.30. The van der Waals surface area contributed by atoms with Crippen molar-refractivity contribution in [2.24, 2.45) is 0 Å². The molecule has 2 aromatic heterocycles. The Balaban J connectivity index is 1.04. The highest BCUT2D eigenvalue weighted by Crippen LogP contribution is 2.51. The minimum absolute atomic E-state index is 0.885. The maximum absolute atomic E-state index is 6.89. The second-order valence-corrected chi connectivity index (χ2v) is 20.3. The first kappa shape index (κ1) is 44.7. The Morgan fingerprint density at radius 3 is 1.51 bits per heavy atom. The van der Waals surface area contributed by atoms with Crippen molar-refractivity contribution < 1.29 is 8.83 Å². The number of hydrogen-bond donors (Lipinski definition) is 0. The number of benzene rings is 13. The topological polar surface area (TPSA) is 26.3 Å². The van der Waals surface area contributed by atoms with E-state index in [0.717, 1.165) is 78.1 Å². The number of fused-ring (bicyclic) bond motifs is 11. The standard InChI is InChI=1S/C75H50O2/c1-3-5-19-46(4-2)47-36-38-49(39-37-47)70-55-24-8-9-25-56(55)72(63-31-18-35-69-74(63)62-28-13-15-34-68(62)76-69)59-42-40-50(44-65(59)70)51-41-43-60-66(45-51)73(64-32-17-30-61-53-23-12-14-33-67(53)77-75(61)64)58-27-11-10-26-57(58)71(60)54-29-16-21-48-20-6-7-22-52(48)54/h3,5-45H,4H2,1-2H3/b5-3-,46-19+. The predicted molar refractivity (Wildman–Crippen MR) is 329 cm³/mol. The molecule has 0 radical (unpaired) electrons. The quantitative estimate of drug-likeness (QED) is 0.112. The molecule has 2 heteroatoms. The van der Waals surface area contributed by atoms with Crippen molar-refractivity contribution in [1.29, 1.82) is 0 Å². The zero-order chi connectivity index (χ0) is 51.1. The van der Waals surface area contributed by atoms with Crippen LogP contribution in [-0.2, 0) is 0 Å². The van der Waals surface area contributed by atoms with Crippen molar-refractivity contribution in [2.75, 3.05) is 0 Å². The van der Waals surface area contributed by atoms with Crippen molar-refractivity contribution in [3.05, 3.63) is 260 Å². The highest BCUT2D eigenvalue weighted by Gasteiger charge is 2.24. The molecule has 13 aromatic carbocycles. The number of furan rings is 2. The Labute approximate surface area is 446 Å². The van der Waals surface area contributed by atoms with Crippen LogP contribution < -0.4 is 0 Å². The second kappa shape index (κ2) is 18.0. The normalized spacial score (nSPS) is 12.4. The molecule has 0 aliphatic heterocycles. The lowest BCUT2D eigenvalue weighted by Gasteiger charge is -2.21. The molecule has 0 saturated carbocycles. The number of hydrogen-bond acceptors (Lipinski definition) is 2. The Hall–Kier alpha value is -9.76. The van der Waals surface area contributed by atoms with Gasteiger partial charge in [-0.1, -0.05) is 231 Å². The van der Waals surface area contributed by atoms with Crippen LogP contribution in [0.4, 0.5) is 0 Å². The van der Waals surface area contributed by atoms with E-state index in [0.29, 0.717) is 0 Å². The van der Waals surface area contributed by atoms with Gasteiger partial charge in [-0.2, -0.15) is 0 Å². The van der Waals surface area contributed by atoms with Crippen LogP contribution in [-0.4, -0.2) is 0 Å². The highest BCUT2D eigenvalue weighted by molar-refractivity contribution is 6.28. The van der Waals surface area contributed by atoms with Gasteiger partial charge in [-0.25, -0.2) is 0 Å². The summed E-state index contributed by atoms with van der Waals surface area (Å²) in [5.74, 6) is 0. The van der Waals surface area contributed by atoms with E-state index >= 15 is 0 Å². The Morgan fingerprint density at radius 1 is 0.351 bits per heavy atom. The third-order valence-electron chi connectivity index (χ3n) is 16.2. The van der Waals surface area contributed by atoms with E-state index in [9.17, 15) is 0 Å². The first-order valence-electron chi connectivity index (χ1n) is 26.8. The van der Waals surface area contributed by atoms with Crippen LogP contribution in [0.2, 0.25) is 0 Å². The van der Waals surface area contributed by atoms with Crippen LogP contribution in [0.5, 0.6) is 0 Å². The van der Waals surface area contributed by atoms with Gasteiger partial charge in [-0.05, 0) is 153 Å². The summed E-state index contributed by atoms with van der Waals surface area (Å²) in [4.78, 5) is 0. The minimum atomic E-state index is 0.885. The molecular weight excluding hydrogens is 933 g/mol. The van der Waals surface area contributed by atoms with E-state index in [1.807, 2.05) is 0 Å². The molecule has 0 atom stereocenters. The van der Waals surface area contributed by atoms with Crippen LogP contribution in [0.3, 0.4) is 0 Å². The number of allylic oxidation sites excluding steroid dienone is 4. The number of para-hydroxylation sites is 3. The molecule has 2 nitrogen and oxygen atoms in total. The Bertz CT molecular complexity index is 4960. The van der Waals surface area contributed by atoms with Crippen molar-refractivity contribution in [3.8, 4) is 55.6 Å². The average molecular weight is 983 g/mol. The molecule has 0 spiro atoms. The van der Waals surface area contributed by atoms with Crippen molar-refractivity contribution in [3.63, 3.8) is 0 Å². The third kappa shape index (κ3) is 7.03. The number of rotatable bonds is 8. The van der Waals surface area contributed by atoms with Gasteiger partial charge in [0.05, 0.1) is 0 Å². The van der Waals surface area contributed by atoms with Crippen LogP contribution in [0.15, 0.2) is 264 Å².